The lowest BCUT2D eigenvalue weighted by Crippen LogP contribution is -2.52. The second kappa shape index (κ2) is 10.1. The molecule has 160 valence electrons. The van der Waals surface area contributed by atoms with Crippen molar-refractivity contribution in [1.82, 2.24) is 15.1 Å². The molecule has 2 heterocycles. The molecule has 2 fully saturated rings. The summed E-state index contributed by atoms with van der Waals surface area (Å²) >= 11 is 0. The average Bonchev–Trinajstić information content (AvgIpc) is 2.80. The van der Waals surface area contributed by atoms with Gasteiger partial charge in [-0.25, -0.2) is 4.79 Å². The summed E-state index contributed by atoms with van der Waals surface area (Å²) in [6.07, 6.45) is 3.93. The maximum atomic E-state index is 12.9. The molecule has 0 spiro atoms. The molecule has 1 atom stereocenters. The largest absolute Gasteiger partial charge is 0.364 e. The average molecular weight is 408 g/mol. The van der Waals surface area contributed by atoms with Gasteiger partial charge in [0.25, 0.3) is 0 Å². The minimum Gasteiger partial charge on any atom is -0.364 e. The van der Waals surface area contributed by atoms with Crippen molar-refractivity contribution in [2.75, 3.05) is 33.2 Å². The van der Waals surface area contributed by atoms with Gasteiger partial charge < -0.3 is 19.9 Å². The number of urea groups is 1. The third kappa shape index (κ3) is 5.41. The fraction of sp³-hybridized carbons (Fsp3) is 0.480. The number of likely N-dealkylation sites (tertiary alicyclic amines) is 2. The number of rotatable bonds is 5. The first-order valence-electron chi connectivity index (χ1n) is 11.2. The molecule has 2 aliphatic heterocycles. The number of amides is 2. The van der Waals surface area contributed by atoms with Gasteiger partial charge in [-0.15, -0.1) is 0 Å². The predicted octanol–water partition coefficient (Wildman–Crippen LogP) is 4.06. The zero-order valence-corrected chi connectivity index (χ0v) is 17.9. The molecule has 30 heavy (non-hydrogen) atoms. The fourth-order valence-corrected chi connectivity index (χ4v) is 4.45. The minimum atomic E-state index is -0.116. The van der Waals surface area contributed by atoms with Crippen LogP contribution in [0.3, 0.4) is 0 Å². The highest BCUT2D eigenvalue weighted by atomic mass is 16.5. The monoisotopic (exact) mass is 407 g/mol. The van der Waals surface area contributed by atoms with Crippen LogP contribution in [-0.2, 0) is 4.74 Å². The van der Waals surface area contributed by atoms with Gasteiger partial charge in [0.15, 0.2) is 0 Å². The van der Waals surface area contributed by atoms with E-state index in [1.807, 2.05) is 17.0 Å². The Balaban J connectivity index is 1.40. The van der Waals surface area contributed by atoms with Crippen LogP contribution in [0.4, 0.5) is 4.79 Å². The van der Waals surface area contributed by atoms with Crippen molar-refractivity contribution in [1.29, 1.82) is 0 Å². The number of benzene rings is 2. The molecule has 2 aliphatic rings. The lowest BCUT2D eigenvalue weighted by atomic mass is 10.0. The van der Waals surface area contributed by atoms with E-state index in [0.717, 1.165) is 56.4 Å². The van der Waals surface area contributed by atoms with Crippen LogP contribution in [0.15, 0.2) is 60.7 Å². The third-order valence-corrected chi connectivity index (χ3v) is 6.24. The smallest absolute Gasteiger partial charge is 0.317 e. The number of carbonyl (C=O) groups is 1. The Bertz CT molecular complexity index is 751. The third-order valence-electron chi connectivity index (χ3n) is 6.24. The molecule has 5 nitrogen and oxygen atoms in total. The molecule has 1 N–H and O–H groups in total. The Kier molecular flexibility index (Phi) is 7.03. The topological polar surface area (TPSA) is 44.8 Å². The molecule has 0 aromatic heterocycles. The van der Waals surface area contributed by atoms with Crippen molar-refractivity contribution in [3.8, 4) is 0 Å². The van der Waals surface area contributed by atoms with E-state index in [9.17, 15) is 4.79 Å². The summed E-state index contributed by atoms with van der Waals surface area (Å²) in [5.41, 5.74) is 2.30. The normalized spacial score (nSPS) is 21.0. The lowest BCUT2D eigenvalue weighted by molar-refractivity contribution is -0.0254. The van der Waals surface area contributed by atoms with Crippen molar-refractivity contribution in [3.05, 3.63) is 71.8 Å². The van der Waals surface area contributed by atoms with Crippen LogP contribution in [-0.4, -0.2) is 61.2 Å². The summed E-state index contributed by atoms with van der Waals surface area (Å²) in [7, 11) is 2.14. The van der Waals surface area contributed by atoms with Gasteiger partial charge in [0.2, 0.25) is 0 Å². The van der Waals surface area contributed by atoms with Crippen molar-refractivity contribution in [2.24, 2.45) is 0 Å². The number of carbonyl (C=O) groups excluding carboxylic acids is 1. The molecule has 4 rings (SSSR count). The zero-order chi connectivity index (χ0) is 20.8. The SMILES string of the molecule is CN1CCC(NC(=O)N2CCCC(OC(c3ccccc3)c3ccccc3)C2)CC1. The number of nitrogens with one attached hydrogen (secondary N) is 1. The molecule has 0 saturated carbocycles. The van der Waals surface area contributed by atoms with Crippen molar-refractivity contribution in [2.45, 2.75) is 43.9 Å². The van der Waals surface area contributed by atoms with E-state index >= 15 is 0 Å². The fourth-order valence-electron chi connectivity index (χ4n) is 4.45. The van der Waals surface area contributed by atoms with Crippen LogP contribution < -0.4 is 5.32 Å². The van der Waals surface area contributed by atoms with Crippen LogP contribution in [0.1, 0.15) is 42.9 Å². The van der Waals surface area contributed by atoms with Gasteiger partial charge in [-0.05, 0) is 56.9 Å². The quantitative estimate of drug-likeness (QED) is 0.813. The Morgan fingerprint density at radius 3 is 2.13 bits per heavy atom. The number of ether oxygens (including phenoxy) is 1. The van der Waals surface area contributed by atoms with E-state index in [1.54, 1.807) is 0 Å². The first kappa shape index (κ1) is 20.9. The van der Waals surface area contributed by atoms with Gasteiger partial charge in [-0.3, -0.25) is 0 Å². The molecule has 2 aromatic carbocycles. The molecular weight excluding hydrogens is 374 g/mol. The second-order valence-electron chi connectivity index (χ2n) is 8.57. The summed E-state index contributed by atoms with van der Waals surface area (Å²) in [6, 6.07) is 21.1. The maximum Gasteiger partial charge on any atom is 0.317 e. The molecular formula is C25H33N3O2. The predicted molar refractivity (Wildman–Crippen MR) is 119 cm³/mol. The van der Waals surface area contributed by atoms with Crippen LogP contribution in [0.25, 0.3) is 0 Å². The summed E-state index contributed by atoms with van der Waals surface area (Å²) < 4.78 is 6.62. The van der Waals surface area contributed by atoms with Crippen molar-refractivity contribution in [3.63, 3.8) is 0 Å². The molecule has 0 radical (unpaired) electrons. The van der Waals surface area contributed by atoms with E-state index < -0.39 is 0 Å². The van der Waals surface area contributed by atoms with Gasteiger partial charge >= 0.3 is 6.03 Å². The van der Waals surface area contributed by atoms with E-state index in [1.165, 1.54) is 0 Å². The summed E-state index contributed by atoms with van der Waals surface area (Å²) in [5.74, 6) is 0. The van der Waals surface area contributed by atoms with E-state index in [4.69, 9.17) is 4.74 Å². The highest BCUT2D eigenvalue weighted by Gasteiger charge is 2.29. The number of nitrogens with zero attached hydrogens (tertiary/aromatic N) is 2. The van der Waals surface area contributed by atoms with Crippen molar-refractivity contribution < 1.29 is 9.53 Å². The summed E-state index contributed by atoms with van der Waals surface area (Å²) in [4.78, 5) is 17.1. The van der Waals surface area contributed by atoms with Crippen LogP contribution in [0.2, 0.25) is 0 Å². The maximum absolute atomic E-state index is 12.9. The lowest BCUT2D eigenvalue weighted by Gasteiger charge is -2.37. The number of hydrogen-bond donors (Lipinski definition) is 1. The van der Waals surface area contributed by atoms with E-state index in [2.05, 4.69) is 65.8 Å². The van der Waals surface area contributed by atoms with Gasteiger partial charge in [-0.2, -0.15) is 0 Å². The first-order chi connectivity index (χ1) is 14.7. The van der Waals surface area contributed by atoms with Crippen LogP contribution in [0.5, 0.6) is 0 Å². The van der Waals surface area contributed by atoms with Crippen LogP contribution in [0, 0.1) is 0 Å². The zero-order valence-electron chi connectivity index (χ0n) is 17.9. The minimum absolute atomic E-state index is 0.0346. The Hall–Kier alpha value is -2.37. The van der Waals surface area contributed by atoms with Crippen molar-refractivity contribution >= 4 is 6.03 Å². The Morgan fingerprint density at radius 1 is 0.933 bits per heavy atom. The molecule has 5 heteroatoms. The molecule has 1 unspecified atom stereocenters. The molecule has 2 aromatic rings. The number of piperidine rings is 2. The molecule has 2 amide bonds. The van der Waals surface area contributed by atoms with Crippen LogP contribution >= 0.6 is 0 Å². The second-order valence-corrected chi connectivity index (χ2v) is 8.57. The van der Waals surface area contributed by atoms with Gasteiger partial charge in [-0.1, -0.05) is 60.7 Å². The highest BCUT2D eigenvalue weighted by Crippen LogP contribution is 2.29. The van der Waals surface area contributed by atoms with E-state index in [-0.39, 0.29) is 24.3 Å². The first-order valence-corrected chi connectivity index (χ1v) is 11.2. The Morgan fingerprint density at radius 2 is 1.53 bits per heavy atom. The summed E-state index contributed by atoms with van der Waals surface area (Å²) in [5, 5.41) is 3.25. The molecule has 2 saturated heterocycles. The van der Waals surface area contributed by atoms with Gasteiger partial charge in [0, 0.05) is 19.1 Å². The Labute approximate surface area is 180 Å². The molecule has 0 bridgehead atoms. The van der Waals surface area contributed by atoms with Gasteiger partial charge in [0.1, 0.15) is 6.10 Å². The summed E-state index contributed by atoms with van der Waals surface area (Å²) in [6.45, 7) is 3.55. The number of hydrogen-bond acceptors (Lipinski definition) is 3. The highest BCUT2D eigenvalue weighted by molar-refractivity contribution is 5.74. The standard InChI is InChI=1S/C25H33N3O2/c1-27-17-14-22(15-18-27)26-25(29)28-16-8-13-23(19-28)30-24(20-9-4-2-5-10-20)21-11-6-3-7-12-21/h2-7,9-12,22-24H,8,13-19H2,1H3,(H,26,29). The van der Waals surface area contributed by atoms with Gasteiger partial charge in [0.05, 0.1) is 6.10 Å². The molecule has 0 aliphatic carbocycles. The van der Waals surface area contributed by atoms with E-state index in [0.29, 0.717) is 6.54 Å².